The standard InChI is InChI=1S/C17H19BrFNO/c1-3-21-15-6-4-5-13(9-15)11-20-12(2)16-8-7-14(19)10-17(16)18/h4-10,12,20H,3,11H2,1-2H3. The Labute approximate surface area is 133 Å². The van der Waals surface area contributed by atoms with Crippen LogP contribution in [0.25, 0.3) is 0 Å². The van der Waals surface area contributed by atoms with E-state index in [1.54, 1.807) is 6.07 Å². The molecule has 0 saturated carbocycles. The van der Waals surface area contributed by atoms with Gasteiger partial charge in [-0.15, -0.1) is 0 Å². The Kier molecular flexibility index (Phi) is 5.76. The van der Waals surface area contributed by atoms with Crippen molar-refractivity contribution in [2.75, 3.05) is 6.61 Å². The van der Waals surface area contributed by atoms with Crippen LogP contribution in [0, 0.1) is 5.82 Å². The molecule has 0 fully saturated rings. The molecule has 21 heavy (non-hydrogen) atoms. The van der Waals surface area contributed by atoms with Gasteiger partial charge in [-0.05, 0) is 49.2 Å². The van der Waals surface area contributed by atoms with Crippen molar-refractivity contribution in [3.63, 3.8) is 0 Å². The fourth-order valence-electron chi connectivity index (χ4n) is 2.15. The highest BCUT2D eigenvalue weighted by Gasteiger charge is 2.09. The summed E-state index contributed by atoms with van der Waals surface area (Å²) in [5.41, 5.74) is 2.20. The van der Waals surface area contributed by atoms with Crippen LogP contribution < -0.4 is 10.1 Å². The summed E-state index contributed by atoms with van der Waals surface area (Å²) < 4.78 is 19.4. The molecule has 2 nitrogen and oxygen atoms in total. The Hall–Kier alpha value is -1.39. The van der Waals surface area contributed by atoms with Gasteiger partial charge in [-0.3, -0.25) is 0 Å². The average molecular weight is 352 g/mol. The van der Waals surface area contributed by atoms with Crippen molar-refractivity contribution >= 4 is 15.9 Å². The molecular formula is C17H19BrFNO. The quantitative estimate of drug-likeness (QED) is 0.803. The second kappa shape index (κ2) is 7.57. The molecule has 0 aliphatic heterocycles. The zero-order valence-corrected chi connectivity index (χ0v) is 13.8. The van der Waals surface area contributed by atoms with Gasteiger partial charge >= 0.3 is 0 Å². The molecule has 2 rings (SSSR count). The van der Waals surface area contributed by atoms with Crippen LogP contribution in [0.3, 0.4) is 0 Å². The molecule has 0 amide bonds. The fraction of sp³-hybridized carbons (Fsp3) is 0.294. The predicted octanol–water partition coefficient (Wildman–Crippen LogP) is 4.84. The number of rotatable bonds is 6. The number of benzene rings is 2. The lowest BCUT2D eigenvalue weighted by atomic mass is 10.1. The number of nitrogens with one attached hydrogen (secondary N) is 1. The Morgan fingerprint density at radius 1 is 1.24 bits per heavy atom. The van der Waals surface area contributed by atoms with E-state index in [1.165, 1.54) is 12.1 Å². The summed E-state index contributed by atoms with van der Waals surface area (Å²) >= 11 is 3.41. The molecule has 0 heterocycles. The highest BCUT2D eigenvalue weighted by atomic mass is 79.9. The normalized spacial score (nSPS) is 12.2. The second-order valence-corrected chi connectivity index (χ2v) is 5.70. The first-order valence-corrected chi connectivity index (χ1v) is 7.79. The van der Waals surface area contributed by atoms with E-state index < -0.39 is 0 Å². The smallest absolute Gasteiger partial charge is 0.124 e. The molecule has 1 N–H and O–H groups in total. The minimum Gasteiger partial charge on any atom is -0.494 e. The molecule has 4 heteroatoms. The average Bonchev–Trinajstić information content (AvgIpc) is 2.45. The molecule has 0 aliphatic carbocycles. The van der Waals surface area contributed by atoms with E-state index in [2.05, 4.69) is 34.2 Å². The van der Waals surface area contributed by atoms with Gasteiger partial charge in [0.05, 0.1) is 6.61 Å². The van der Waals surface area contributed by atoms with Gasteiger partial charge in [0.1, 0.15) is 11.6 Å². The molecule has 2 aromatic carbocycles. The first kappa shape index (κ1) is 16.0. The summed E-state index contributed by atoms with van der Waals surface area (Å²) in [6.45, 7) is 5.42. The molecule has 112 valence electrons. The zero-order chi connectivity index (χ0) is 15.2. The molecule has 0 aromatic heterocycles. The lowest BCUT2D eigenvalue weighted by Crippen LogP contribution is -2.18. The van der Waals surface area contributed by atoms with E-state index in [0.29, 0.717) is 6.61 Å². The maximum atomic E-state index is 13.1. The molecule has 1 atom stereocenters. The molecule has 2 aromatic rings. The largest absolute Gasteiger partial charge is 0.494 e. The van der Waals surface area contributed by atoms with Gasteiger partial charge < -0.3 is 10.1 Å². The fourth-order valence-corrected chi connectivity index (χ4v) is 2.84. The Bertz CT molecular complexity index is 603. The van der Waals surface area contributed by atoms with Gasteiger partial charge in [0, 0.05) is 17.1 Å². The molecule has 0 saturated heterocycles. The minimum atomic E-state index is -0.234. The van der Waals surface area contributed by atoms with Gasteiger partial charge in [0.15, 0.2) is 0 Å². The monoisotopic (exact) mass is 351 g/mol. The van der Waals surface area contributed by atoms with Crippen LogP contribution in [-0.2, 0) is 6.54 Å². The third kappa shape index (κ3) is 4.55. The van der Waals surface area contributed by atoms with Crippen LogP contribution in [0.4, 0.5) is 4.39 Å². The Morgan fingerprint density at radius 2 is 2.05 bits per heavy atom. The topological polar surface area (TPSA) is 21.3 Å². The summed E-state index contributed by atoms with van der Waals surface area (Å²) in [4.78, 5) is 0. The van der Waals surface area contributed by atoms with Gasteiger partial charge in [-0.25, -0.2) is 4.39 Å². The van der Waals surface area contributed by atoms with Crippen molar-refractivity contribution < 1.29 is 9.13 Å². The van der Waals surface area contributed by atoms with Crippen LogP contribution in [0.1, 0.15) is 31.0 Å². The summed E-state index contributed by atoms with van der Waals surface area (Å²) in [6.07, 6.45) is 0. The maximum Gasteiger partial charge on any atom is 0.124 e. The van der Waals surface area contributed by atoms with Gasteiger partial charge in [0.25, 0.3) is 0 Å². The van der Waals surface area contributed by atoms with Crippen molar-refractivity contribution in [2.45, 2.75) is 26.4 Å². The van der Waals surface area contributed by atoms with Crippen LogP contribution in [0.15, 0.2) is 46.9 Å². The van der Waals surface area contributed by atoms with Crippen molar-refractivity contribution in [3.8, 4) is 5.75 Å². The second-order valence-electron chi connectivity index (χ2n) is 4.85. The zero-order valence-electron chi connectivity index (χ0n) is 12.2. The Balaban J connectivity index is 2.00. The van der Waals surface area contributed by atoms with E-state index in [0.717, 1.165) is 27.9 Å². The summed E-state index contributed by atoms with van der Waals surface area (Å²) in [5, 5.41) is 3.44. The van der Waals surface area contributed by atoms with E-state index in [1.807, 2.05) is 25.1 Å². The number of hydrogen-bond donors (Lipinski definition) is 1. The molecule has 0 aliphatic rings. The first-order chi connectivity index (χ1) is 10.1. The van der Waals surface area contributed by atoms with E-state index in [-0.39, 0.29) is 11.9 Å². The lowest BCUT2D eigenvalue weighted by molar-refractivity contribution is 0.339. The van der Waals surface area contributed by atoms with Crippen LogP contribution in [0.5, 0.6) is 5.75 Å². The van der Waals surface area contributed by atoms with Gasteiger partial charge in [0.2, 0.25) is 0 Å². The first-order valence-electron chi connectivity index (χ1n) is 7.00. The lowest BCUT2D eigenvalue weighted by Gasteiger charge is -2.16. The van der Waals surface area contributed by atoms with Crippen LogP contribution >= 0.6 is 15.9 Å². The maximum absolute atomic E-state index is 13.1. The number of ether oxygens (including phenoxy) is 1. The van der Waals surface area contributed by atoms with E-state index >= 15 is 0 Å². The molecule has 0 bridgehead atoms. The molecule has 0 radical (unpaired) electrons. The molecule has 1 unspecified atom stereocenters. The van der Waals surface area contributed by atoms with Gasteiger partial charge in [-0.2, -0.15) is 0 Å². The van der Waals surface area contributed by atoms with Crippen molar-refractivity contribution in [1.29, 1.82) is 0 Å². The van der Waals surface area contributed by atoms with Crippen LogP contribution in [-0.4, -0.2) is 6.61 Å². The highest BCUT2D eigenvalue weighted by molar-refractivity contribution is 9.10. The van der Waals surface area contributed by atoms with Gasteiger partial charge in [-0.1, -0.05) is 34.1 Å². The predicted molar refractivity (Wildman–Crippen MR) is 87.0 cm³/mol. The summed E-state index contributed by atoms with van der Waals surface area (Å²) in [6, 6.07) is 12.9. The SMILES string of the molecule is CCOc1cccc(CNC(C)c2ccc(F)cc2Br)c1. The van der Waals surface area contributed by atoms with Crippen LogP contribution in [0.2, 0.25) is 0 Å². The molecular weight excluding hydrogens is 333 g/mol. The third-order valence-electron chi connectivity index (χ3n) is 3.25. The van der Waals surface area contributed by atoms with E-state index in [4.69, 9.17) is 4.74 Å². The van der Waals surface area contributed by atoms with Crippen molar-refractivity contribution in [1.82, 2.24) is 5.32 Å². The van der Waals surface area contributed by atoms with E-state index in [9.17, 15) is 4.39 Å². The third-order valence-corrected chi connectivity index (χ3v) is 3.94. The number of hydrogen-bond acceptors (Lipinski definition) is 2. The number of halogens is 2. The van der Waals surface area contributed by atoms with Crippen molar-refractivity contribution in [2.24, 2.45) is 0 Å². The molecule has 0 spiro atoms. The minimum absolute atomic E-state index is 0.121. The Morgan fingerprint density at radius 3 is 2.76 bits per heavy atom. The summed E-state index contributed by atoms with van der Waals surface area (Å²) in [5.74, 6) is 0.648. The van der Waals surface area contributed by atoms with Crippen molar-refractivity contribution in [3.05, 3.63) is 63.9 Å². The highest BCUT2D eigenvalue weighted by Crippen LogP contribution is 2.24. The summed E-state index contributed by atoms with van der Waals surface area (Å²) in [7, 11) is 0.